The van der Waals surface area contributed by atoms with E-state index in [0.29, 0.717) is 21.9 Å². The molecule has 0 saturated heterocycles. The normalized spacial score (nSPS) is 11.5. The predicted molar refractivity (Wildman–Crippen MR) is 107 cm³/mol. The van der Waals surface area contributed by atoms with Crippen LogP contribution in [0.5, 0.6) is 0 Å². The van der Waals surface area contributed by atoms with Crippen LogP contribution in [0.1, 0.15) is 33.0 Å². The average molecular weight is 393 g/mol. The Morgan fingerprint density at radius 3 is 2.64 bits per heavy atom. The molecule has 0 spiro atoms. The van der Waals surface area contributed by atoms with Crippen LogP contribution in [0.4, 0.5) is 4.39 Å². The smallest absolute Gasteiger partial charge is 0.216 e. The van der Waals surface area contributed by atoms with Crippen LogP contribution in [0.3, 0.4) is 0 Å². The molecule has 0 amide bonds. The number of aryl methyl sites for hydroxylation is 1. The van der Waals surface area contributed by atoms with Gasteiger partial charge in [-0.25, -0.2) is 4.39 Å². The van der Waals surface area contributed by atoms with E-state index < -0.39 is 0 Å². The van der Waals surface area contributed by atoms with Gasteiger partial charge in [0.2, 0.25) is 10.6 Å². The number of aromatic amines is 1. The molecule has 0 aliphatic heterocycles. The summed E-state index contributed by atoms with van der Waals surface area (Å²) in [4.78, 5) is 13.1. The summed E-state index contributed by atoms with van der Waals surface area (Å²) in [7, 11) is 0. The third-order valence-electron chi connectivity index (χ3n) is 4.57. The monoisotopic (exact) mass is 393 g/mol. The maximum Gasteiger partial charge on any atom is 0.216 e. The number of nitrogens with one attached hydrogen (secondary N) is 1. The van der Waals surface area contributed by atoms with Crippen LogP contribution < -0.4 is 0 Å². The zero-order valence-corrected chi connectivity index (χ0v) is 16.0. The van der Waals surface area contributed by atoms with Crippen LogP contribution in [0, 0.1) is 24.4 Å². The first kappa shape index (κ1) is 18.0. The highest BCUT2D eigenvalue weighted by atomic mass is 32.1. The second-order valence-electron chi connectivity index (χ2n) is 6.31. The van der Waals surface area contributed by atoms with Crippen molar-refractivity contribution in [3.63, 3.8) is 0 Å². The fraction of sp³-hybridized carbons (Fsp3) is 0.100. The van der Waals surface area contributed by atoms with Crippen molar-refractivity contribution in [1.82, 2.24) is 19.3 Å². The number of aromatic nitrogens is 4. The average Bonchev–Trinajstić information content (AvgIpc) is 3.16. The predicted octanol–water partition coefficient (Wildman–Crippen LogP) is 4.06. The number of rotatable bonds is 4. The molecule has 0 saturated carbocycles. The molecular weight excluding hydrogens is 377 g/mol. The van der Waals surface area contributed by atoms with Crippen LogP contribution in [0.25, 0.3) is 5.52 Å². The molecule has 0 unspecified atom stereocenters. The molecule has 4 aromatic rings. The summed E-state index contributed by atoms with van der Waals surface area (Å²) in [5.74, 6) is 0.0628. The van der Waals surface area contributed by atoms with Gasteiger partial charge in [-0.3, -0.25) is 9.89 Å². The maximum atomic E-state index is 13.2. The summed E-state index contributed by atoms with van der Waals surface area (Å²) >= 11 is 5.18. The van der Waals surface area contributed by atoms with Crippen LogP contribution in [0.15, 0.2) is 53.8 Å². The Balaban J connectivity index is 1.87. The number of carbonyl (C=O) groups excluding carboxylic acids is 1. The Kier molecular flexibility index (Phi) is 4.48. The van der Waals surface area contributed by atoms with E-state index in [1.807, 2.05) is 35.7 Å². The molecule has 0 aliphatic carbocycles. The van der Waals surface area contributed by atoms with E-state index in [1.165, 1.54) is 28.9 Å². The van der Waals surface area contributed by atoms with E-state index in [-0.39, 0.29) is 11.6 Å². The van der Waals surface area contributed by atoms with Gasteiger partial charge in [0.15, 0.2) is 0 Å². The number of hydrogen-bond donors (Lipinski definition) is 1. The molecule has 0 atom stereocenters. The van der Waals surface area contributed by atoms with E-state index in [4.69, 9.17) is 12.2 Å². The van der Waals surface area contributed by atoms with E-state index >= 15 is 0 Å². The number of fused-ring (bicyclic) bond motifs is 1. The van der Waals surface area contributed by atoms with Gasteiger partial charge in [0, 0.05) is 17.3 Å². The zero-order chi connectivity index (χ0) is 19.8. The van der Waals surface area contributed by atoms with Crippen LogP contribution in [0.2, 0.25) is 0 Å². The van der Waals surface area contributed by atoms with Gasteiger partial charge in [-0.05, 0) is 68.0 Å². The second-order valence-corrected chi connectivity index (χ2v) is 6.70. The molecule has 1 N–H and O–H groups in total. The van der Waals surface area contributed by atoms with Crippen molar-refractivity contribution in [2.45, 2.75) is 13.8 Å². The lowest BCUT2D eigenvalue weighted by Gasteiger charge is -2.04. The molecule has 1 aromatic carbocycles. The lowest BCUT2D eigenvalue weighted by molar-refractivity contribution is 0.103. The Morgan fingerprint density at radius 2 is 1.96 bits per heavy atom. The minimum Gasteiger partial charge on any atom is -0.313 e. The number of H-pyrrole nitrogens is 1. The molecule has 28 heavy (non-hydrogen) atoms. The van der Waals surface area contributed by atoms with Gasteiger partial charge in [0.1, 0.15) is 11.6 Å². The molecular formula is C20H16FN5OS. The van der Waals surface area contributed by atoms with Crippen molar-refractivity contribution >= 4 is 29.7 Å². The highest BCUT2D eigenvalue weighted by molar-refractivity contribution is 7.71. The van der Waals surface area contributed by atoms with Crippen molar-refractivity contribution in [3.05, 3.63) is 87.5 Å². The van der Waals surface area contributed by atoms with Gasteiger partial charge in [-0.15, -0.1) is 0 Å². The first-order valence-electron chi connectivity index (χ1n) is 8.55. The molecule has 0 bridgehead atoms. The molecule has 140 valence electrons. The summed E-state index contributed by atoms with van der Waals surface area (Å²) < 4.78 is 17.0. The molecule has 3 heterocycles. The molecule has 0 radical (unpaired) electrons. The molecule has 4 rings (SSSR count). The molecule has 0 aliphatic rings. The van der Waals surface area contributed by atoms with Crippen LogP contribution >= 0.6 is 12.2 Å². The Bertz CT molecular complexity index is 1280. The first-order chi connectivity index (χ1) is 13.5. The first-order valence-corrected chi connectivity index (χ1v) is 8.96. The molecule has 6 nitrogen and oxygen atoms in total. The Hall–Kier alpha value is -3.39. The lowest BCUT2D eigenvalue weighted by Crippen LogP contribution is -2.07. The third kappa shape index (κ3) is 2.97. The van der Waals surface area contributed by atoms with Crippen LogP contribution in [-0.4, -0.2) is 31.3 Å². The largest absolute Gasteiger partial charge is 0.313 e. The zero-order valence-electron chi connectivity index (χ0n) is 15.2. The van der Waals surface area contributed by atoms with E-state index in [1.54, 1.807) is 13.1 Å². The summed E-state index contributed by atoms with van der Waals surface area (Å²) in [6, 6.07) is 11.2. The number of halogens is 1. The summed E-state index contributed by atoms with van der Waals surface area (Å²) in [6.07, 6.45) is 3.50. The van der Waals surface area contributed by atoms with E-state index in [0.717, 1.165) is 16.6 Å². The summed E-state index contributed by atoms with van der Waals surface area (Å²) in [5.41, 5.74) is 3.34. The summed E-state index contributed by atoms with van der Waals surface area (Å²) in [5, 5.41) is 11.1. The minimum atomic E-state index is -0.381. The van der Waals surface area contributed by atoms with Crippen molar-refractivity contribution < 1.29 is 9.18 Å². The third-order valence-corrected chi connectivity index (χ3v) is 4.84. The fourth-order valence-corrected chi connectivity index (χ4v) is 3.39. The molecule has 8 heteroatoms. The molecule has 3 aromatic heterocycles. The van der Waals surface area contributed by atoms with E-state index in [2.05, 4.69) is 15.3 Å². The van der Waals surface area contributed by atoms with Gasteiger partial charge in [0.05, 0.1) is 17.4 Å². The number of ketones is 1. The Morgan fingerprint density at radius 1 is 1.21 bits per heavy atom. The number of nitrogens with zero attached hydrogens (tertiary/aromatic N) is 4. The summed E-state index contributed by atoms with van der Waals surface area (Å²) in [6.45, 7) is 3.66. The Labute approximate surface area is 165 Å². The topological polar surface area (TPSA) is 67.4 Å². The van der Waals surface area contributed by atoms with Gasteiger partial charge in [0.25, 0.3) is 0 Å². The van der Waals surface area contributed by atoms with Gasteiger partial charge in [-0.1, -0.05) is 6.07 Å². The van der Waals surface area contributed by atoms with Gasteiger partial charge in [-0.2, -0.15) is 14.9 Å². The number of pyridine rings is 1. The van der Waals surface area contributed by atoms with Crippen LogP contribution in [-0.2, 0) is 0 Å². The fourth-order valence-electron chi connectivity index (χ4n) is 3.16. The maximum absolute atomic E-state index is 13.2. The lowest BCUT2D eigenvalue weighted by atomic mass is 10.0. The van der Waals surface area contributed by atoms with Crippen molar-refractivity contribution in [2.75, 3.05) is 0 Å². The number of benzene rings is 1. The SMILES string of the molecule is Cc1c(/C=N\n2c(C)n[nH]c2=S)c2ccccn2c1C(=O)c1ccc(F)cc1. The number of hydrogen-bond acceptors (Lipinski definition) is 4. The minimum absolute atomic E-state index is 0.186. The van der Waals surface area contributed by atoms with E-state index in [9.17, 15) is 9.18 Å². The quantitative estimate of drug-likeness (QED) is 0.323. The van der Waals surface area contributed by atoms with Crippen molar-refractivity contribution in [1.29, 1.82) is 0 Å². The standard InChI is InChI=1S/C20H16FN5OS/c1-12-16(11-22-26-13(2)23-24-20(26)28)17-5-3-4-10-25(17)18(12)19(27)14-6-8-15(21)9-7-14/h3-11H,1-2H3,(H,24,28)/b22-11-. The van der Waals surface area contributed by atoms with Crippen molar-refractivity contribution in [2.24, 2.45) is 5.10 Å². The highest BCUT2D eigenvalue weighted by Gasteiger charge is 2.21. The second kappa shape index (κ2) is 6.97. The van der Waals surface area contributed by atoms with Gasteiger partial charge < -0.3 is 4.40 Å². The highest BCUT2D eigenvalue weighted by Crippen LogP contribution is 2.24. The number of carbonyl (C=O) groups is 1. The van der Waals surface area contributed by atoms with Gasteiger partial charge >= 0.3 is 0 Å². The van der Waals surface area contributed by atoms with Crippen molar-refractivity contribution in [3.8, 4) is 0 Å². The molecule has 0 fully saturated rings.